The Hall–Kier alpha value is -1.35. The molecular weight excluding hydrogens is 459 g/mol. The highest BCUT2D eigenvalue weighted by atomic mass is 127. The van der Waals surface area contributed by atoms with Crippen LogP contribution in [0, 0.1) is 0 Å². The van der Waals surface area contributed by atoms with Crippen LogP contribution < -0.4 is 15.4 Å². The van der Waals surface area contributed by atoms with E-state index in [-0.39, 0.29) is 24.0 Å². The fourth-order valence-corrected chi connectivity index (χ4v) is 3.85. The lowest BCUT2D eigenvalue weighted by atomic mass is 9.93. The molecule has 0 radical (unpaired) electrons. The lowest BCUT2D eigenvalue weighted by molar-refractivity contribution is 0.267. The van der Waals surface area contributed by atoms with E-state index in [0.717, 1.165) is 50.7 Å². The van der Waals surface area contributed by atoms with Crippen LogP contribution in [-0.4, -0.2) is 37.7 Å². The molecule has 1 aliphatic heterocycles. The molecule has 0 saturated carbocycles. The minimum absolute atomic E-state index is 0. The minimum atomic E-state index is 0. The third-order valence-electron chi connectivity index (χ3n) is 4.40. The fourth-order valence-electron chi connectivity index (χ4n) is 2.98. The van der Waals surface area contributed by atoms with E-state index in [9.17, 15) is 0 Å². The largest absolute Gasteiger partial charge is 0.493 e. The average molecular weight is 486 g/mol. The van der Waals surface area contributed by atoms with Crippen LogP contribution in [-0.2, 0) is 12.8 Å². The average Bonchev–Trinajstić information content (AvgIpc) is 3.12. The van der Waals surface area contributed by atoms with E-state index in [2.05, 4.69) is 39.7 Å². The van der Waals surface area contributed by atoms with Crippen molar-refractivity contribution in [2.75, 3.05) is 26.7 Å². The van der Waals surface area contributed by atoms with E-state index in [1.165, 1.54) is 15.4 Å². The van der Waals surface area contributed by atoms with Gasteiger partial charge in [0.05, 0.1) is 11.6 Å². The molecule has 0 bridgehead atoms. The van der Waals surface area contributed by atoms with E-state index in [0.29, 0.717) is 5.92 Å². The van der Waals surface area contributed by atoms with Gasteiger partial charge in [0.1, 0.15) is 5.75 Å². The first-order valence-corrected chi connectivity index (χ1v) is 9.71. The highest BCUT2D eigenvalue weighted by Crippen LogP contribution is 2.32. The van der Waals surface area contributed by atoms with Crippen molar-refractivity contribution in [3.05, 3.63) is 45.9 Å². The molecule has 0 saturated heterocycles. The first kappa shape index (κ1) is 21.0. The van der Waals surface area contributed by atoms with Crippen molar-refractivity contribution in [2.45, 2.75) is 32.1 Å². The molecule has 0 fully saturated rings. The van der Waals surface area contributed by atoms with Gasteiger partial charge in [-0.15, -0.1) is 35.3 Å². The summed E-state index contributed by atoms with van der Waals surface area (Å²) in [5.41, 5.74) is 1.28. The Labute approximate surface area is 176 Å². The van der Waals surface area contributed by atoms with Gasteiger partial charge in [-0.2, -0.15) is 0 Å². The van der Waals surface area contributed by atoms with Crippen molar-refractivity contribution in [2.24, 2.45) is 4.99 Å². The fraction of sp³-hybridized carbons (Fsp3) is 0.474. The van der Waals surface area contributed by atoms with Gasteiger partial charge in [0.2, 0.25) is 0 Å². The first-order chi connectivity index (χ1) is 12.3. The summed E-state index contributed by atoms with van der Waals surface area (Å²) in [6, 6.07) is 8.31. The Kier molecular flexibility index (Phi) is 8.64. The molecule has 2 heterocycles. The number of hydrogen-bond donors (Lipinski definition) is 2. The number of benzene rings is 1. The van der Waals surface area contributed by atoms with Crippen molar-refractivity contribution in [1.29, 1.82) is 0 Å². The molecule has 1 aromatic heterocycles. The third kappa shape index (κ3) is 5.57. The number of aliphatic imine (C=N–C) groups is 1. The van der Waals surface area contributed by atoms with Crippen LogP contribution in [0.3, 0.4) is 0 Å². The lowest BCUT2D eigenvalue weighted by Crippen LogP contribution is -2.40. The molecule has 7 heteroatoms. The quantitative estimate of drug-likeness (QED) is 0.372. The van der Waals surface area contributed by atoms with Crippen LogP contribution in [0.2, 0.25) is 0 Å². The highest BCUT2D eigenvalue weighted by molar-refractivity contribution is 14.0. The number of nitrogens with one attached hydrogen (secondary N) is 2. The van der Waals surface area contributed by atoms with Crippen molar-refractivity contribution in [3.63, 3.8) is 0 Å². The number of guanidine groups is 1. The topological polar surface area (TPSA) is 58.5 Å². The van der Waals surface area contributed by atoms with E-state index in [4.69, 9.17) is 4.74 Å². The number of rotatable bonds is 6. The zero-order chi connectivity index (χ0) is 17.5. The molecule has 1 atom stereocenters. The van der Waals surface area contributed by atoms with Crippen molar-refractivity contribution in [1.82, 2.24) is 15.6 Å². The number of hydrogen-bond acceptors (Lipinski definition) is 4. The molecule has 5 nitrogen and oxygen atoms in total. The Balaban J connectivity index is 0.00000243. The van der Waals surface area contributed by atoms with Crippen LogP contribution in [0.4, 0.5) is 0 Å². The second-order valence-electron chi connectivity index (χ2n) is 6.08. The van der Waals surface area contributed by atoms with Crippen LogP contribution in [0.5, 0.6) is 5.75 Å². The molecule has 0 spiro atoms. The van der Waals surface area contributed by atoms with Crippen molar-refractivity contribution < 1.29 is 4.74 Å². The van der Waals surface area contributed by atoms with Gasteiger partial charge in [0.25, 0.3) is 0 Å². The Morgan fingerprint density at radius 2 is 2.19 bits per heavy atom. The lowest BCUT2D eigenvalue weighted by Gasteiger charge is -2.26. The molecule has 0 amide bonds. The smallest absolute Gasteiger partial charge is 0.191 e. The maximum atomic E-state index is 5.73. The molecule has 2 aromatic rings. The molecule has 1 aromatic carbocycles. The summed E-state index contributed by atoms with van der Waals surface area (Å²) in [6.45, 7) is 4.63. The minimum Gasteiger partial charge on any atom is -0.493 e. The van der Waals surface area contributed by atoms with Gasteiger partial charge in [-0.1, -0.05) is 25.1 Å². The highest BCUT2D eigenvalue weighted by Gasteiger charge is 2.21. The first-order valence-electron chi connectivity index (χ1n) is 8.90. The maximum Gasteiger partial charge on any atom is 0.191 e. The summed E-state index contributed by atoms with van der Waals surface area (Å²) in [5.74, 6) is 2.31. The molecule has 1 unspecified atom stereocenters. The number of thiazole rings is 1. The Bertz CT molecular complexity index is 719. The summed E-state index contributed by atoms with van der Waals surface area (Å²) in [7, 11) is 1.81. The zero-order valence-corrected chi connectivity index (χ0v) is 18.5. The predicted octanol–water partition coefficient (Wildman–Crippen LogP) is 3.60. The maximum absolute atomic E-state index is 5.73. The molecule has 26 heavy (non-hydrogen) atoms. The normalized spacial score (nSPS) is 16.2. The second-order valence-corrected chi connectivity index (χ2v) is 7.28. The van der Waals surface area contributed by atoms with Gasteiger partial charge in [-0.3, -0.25) is 4.99 Å². The predicted molar refractivity (Wildman–Crippen MR) is 119 cm³/mol. The van der Waals surface area contributed by atoms with E-state index in [1.54, 1.807) is 11.3 Å². The summed E-state index contributed by atoms with van der Waals surface area (Å²) >= 11 is 1.80. The van der Waals surface area contributed by atoms with Gasteiger partial charge < -0.3 is 15.4 Å². The van der Waals surface area contributed by atoms with Gasteiger partial charge in [-0.25, -0.2) is 4.98 Å². The summed E-state index contributed by atoms with van der Waals surface area (Å²) in [5, 5.41) is 8.01. The standard InChI is InChI=1S/C19H26N4OS.HI/c1-3-15-13-22-18(25-15)8-10-21-19(20-2)23-12-14-9-11-24-17-7-5-4-6-16(14)17;/h4-7,13-14H,3,8-12H2,1-2H3,(H2,20,21,23);1H. The van der Waals surface area contributed by atoms with Gasteiger partial charge in [-0.05, 0) is 24.5 Å². The van der Waals surface area contributed by atoms with Crippen molar-refractivity contribution >= 4 is 41.3 Å². The molecule has 1 aliphatic rings. The van der Waals surface area contributed by atoms with Gasteiger partial charge in [0.15, 0.2) is 5.96 Å². The van der Waals surface area contributed by atoms with Crippen LogP contribution in [0.25, 0.3) is 0 Å². The Morgan fingerprint density at radius 1 is 1.35 bits per heavy atom. The molecule has 3 rings (SSSR count). The molecule has 0 aliphatic carbocycles. The summed E-state index contributed by atoms with van der Waals surface area (Å²) in [4.78, 5) is 10.1. The van der Waals surface area contributed by atoms with Crippen molar-refractivity contribution in [3.8, 4) is 5.75 Å². The SMILES string of the molecule is CCc1cnc(CCNC(=NC)NCC2CCOc3ccccc32)s1.I. The zero-order valence-electron chi connectivity index (χ0n) is 15.3. The number of fused-ring (bicyclic) bond motifs is 1. The number of ether oxygens (including phenoxy) is 1. The van der Waals surface area contributed by atoms with E-state index >= 15 is 0 Å². The summed E-state index contributed by atoms with van der Waals surface area (Å²) < 4.78 is 5.73. The molecule has 142 valence electrons. The Morgan fingerprint density at radius 3 is 2.96 bits per heavy atom. The van der Waals surface area contributed by atoms with Crippen LogP contribution in [0.15, 0.2) is 35.5 Å². The monoisotopic (exact) mass is 486 g/mol. The molecular formula is C19H27IN4OS. The number of nitrogens with zero attached hydrogens (tertiary/aromatic N) is 2. The number of para-hydroxylation sites is 1. The number of aromatic nitrogens is 1. The van der Waals surface area contributed by atoms with Crippen LogP contribution in [0.1, 0.15) is 34.7 Å². The van der Waals surface area contributed by atoms with Crippen LogP contribution >= 0.6 is 35.3 Å². The summed E-state index contributed by atoms with van der Waals surface area (Å²) in [6.07, 6.45) is 4.99. The van der Waals surface area contributed by atoms with E-state index < -0.39 is 0 Å². The van der Waals surface area contributed by atoms with Gasteiger partial charge >= 0.3 is 0 Å². The van der Waals surface area contributed by atoms with Gasteiger partial charge in [0, 0.05) is 43.5 Å². The second kappa shape index (κ2) is 10.7. The van der Waals surface area contributed by atoms with E-state index in [1.807, 2.05) is 25.4 Å². The number of halogens is 1. The molecule has 2 N–H and O–H groups in total. The number of aryl methyl sites for hydroxylation is 1. The third-order valence-corrected chi connectivity index (χ3v) is 5.60.